The number of hydrogen-bond acceptors (Lipinski definition) is 4. The first-order valence-electron chi connectivity index (χ1n) is 8.44. The SMILES string of the molecule is Cl.Cl.NC1(C(=O)NCc2ccc(C(=O)Nc3ccncc3)cc2)CCCC1. The van der Waals surface area contributed by atoms with Gasteiger partial charge in [0, 0.05) is 30.2 Å². The van der Waals surface area contributed by atoms with Gasteiger partial charge in [-0.25, -0.2) is 0 Å². The molecule has 27 heavy (non-hydrogen) atoms. The summed E-state index contributed by atoms with van der Waals surface area (Å²) in [6.45, 7) is 0.407. The van der Waals surface area contributed by atoms with E-state index in [1.165, 1.54) is 0 Å². The third-order valence-corrected chi connectivity index (χ3v) is 4.56. The molecule has 1 aliphatic rings. The molecule has 0 atom stereocenters. The van der Waals surface area contributed by atoms with Crippen molar-refractivity contribution in [3.05, 3.63) is 59.9 Å². The fourth-order valence-corrected chi connectivity index (χ4v) is 3.00. The molecule has 146 valence electrons. The third-order valence-electron chi connectivity index (χ3n) is 4.56. The Hall–Kier alpha value is -2.15. The number of nitrogens with one attached hydrogen (secondary N) is 2. The average molecular weight is 411 g/mol. The van der Waals surface area contributed by atoms with Gasteiger partial charge >= 0.3 is 0 Å². The highest BCUT2D eigenvalue weighted by atomic mass is 35.5. The number of carbonyl (C=O) groups is 2. The lowest BCUT2D eigenvalue weighted by molar-refractivity contribution is -0.126. The zero-order valence-electron chi connectivity index (χ0n) is 14.8. The molecule has 8 heteroatoms. The molecule has 0 spiro atoms. The maximum Gasteiger partial charge on any atom is 0.255 e. The Morgan fingerprint density at radius 2 is 1.59 bits per heavy atom. The van der Waals surface area contributed by atoms with E-state index in [2.05, 4.69) is 15.6 Å². The first kappa shape index (κ1) is 22.9. The number of anilines is 1. The maximum absolute atomic E-state index is 12.2. The van der Waals surface area contributed by atoms with Gasteiger partial charge in [-0.1, -0.05) is 25.0 Å². The summed E-state index contributed by atoms with van der Waals surface area (Å²) in [5, 5.41) is 5.70. The molecule has 0 aliphatic heterocycles. The van der Waals surface area contributed by atoms with Gasteiger partial charge in [-0.15, -0.1) is 24.8 Å². The van der Waals surface area contributed by atoms with Crippen LogP contribution in [0, 0.1) is 0 Å². The van der Waals surface area contributed by atoms with Crippen LogP contribution in [0.3, 0.4) is 0 Å². The number of aromatic nitrogens is 1. The van der Waals surface area contributed by atoms with Gasteiger partial charge in [0.25, 0.3) is 5.91 Å². The van der Waals surface area contributed by atoms with Crippen LogP contribution in [0.15, 0.2) is 48.8 Å². The molecule has 1 heterocycles. The molecule has 1 aromatic carbocycles. The van der Waals surface area contributed by atoms with Crippen LogP contribution >= 0.6 is 24.8 Å². The second kappa shape index (κ2) is 10.3. The largest absolute Gasteiger partial charge is 0.350 e. The molecule has 1 aliphatic carbocycles. The van der Waals surface area contributed by atoms with Gasteiger partial charge in [0.05, 0.1) is 5.54 Å². The quantitative estimate of drug-likeness (QED) is 0.705. The lowest BCUT2D eigenvalue weighted by atomic mass is 9.98. The van der Waals surface area contributed by atoms with Crippen LogP contribution in [0.25, 0.3) is 0 Å². The van der Waals surface area contributed by atoms with Crippen LogP contribution in [-0.4, -0.2) is 22.3 Å². The molecule has 2 aromatic rings. The summed E-state index contributed by atoms with van der Waals surface area (Å²) in [5.74, 6) is -0.279. The summed E-state index contributed by atoms with van der Waals surface area (Å²) < 4.78 is 0. The fourth-order valence-electron chi connectivity index (χ4n) is 3.00. The van der Waals surface area contributed by atoms with Crippen molar-refractivity contribution in [1.29, 1.82) is 0 Å². The van der Waals surface area contributed by atoms with Crippen molar-refractivity contribution in [2.45, 2.75) is 37.8 Å². The van der Waals surface area contributed by atoms with Gasteiger partial charge in [0.1, 0.15) is 0 Å². The van der Waals surface area contributed by atoms with Crippen LogP contribution in [-0.2, 0) is 11.3 Å². The number of rotatable bonds is 5. The van der Waals surface area contributed by atoms with Gasteiger partial charge < -0.3 is 16.4 Å². The molecule has 1 aromatic heterocycles. The molecule has 1 saturated carbocycles. The van der Waals surface area contributed by atoms with E-state index in [4.69, 9.17) is 5.73 Å². The van der Waals surface area contributed by atoms with Crippen molar-refractivity contribution in [2.24, 2.45) is 5.73 Å². The fraction of sp³-hybridized carbons (Fsp3) is 0.316. The molecule has 2 amide bonds. The average Bonchev–Trinajstić information content (AvgIpc) is 3.09. The van der Waals surface area contributed by atoms with Crippen molar-refractivity contribution >= 4 is 42.3 Å². The summed E-state index contributed by atoms with van der Waals surface area (Å²) in [5.41, 5.74) is 7.59. The molecule has 6 nitrogen and oxygen atoms in total. The molecule has 0 unspecified atom stereocenters. The van der Waals surface area contributed by atoms with Crippen molar-refractivity contribution < 1.29 is 9.59 Å². The van der Waals surface area contributed by atoms with E-state index < -0.39 is 5.54 Å². The molecule has 0 radical (unpaired) electrons. The van der Waals surface area contributed by atoms with E-state index in [0.29, 0.717) is 17.8 Å². The lowest BCUT2D eigenvalue weighted by Gasteiger charge is -2.22. The Morgan fingerprint density at radius 3 is 2.19 bits per heavy atom. The van der Waals surface area contributed by atoms with Gasteiger partial charge in [0.2, 0.25) is 5.91 Å². The first-order valence-corrected chi connectivity index (χ1v) is 8.44. The lowest BCUT2D eigenvalue weighted by Crippen LogP contribution is -2.51. The summed E-state index contributed by atoms with van der Waals surface area (Å²) >= 11 is 0. The highest BCUT2D eigenvalue weighted by Crippen LogP contribution is 2.27. The van der Waals surface area contributed by atoms with Gasteiger partial charge in [-0.2, -0.15) is 0 Å². The number of amides is 2. The summed E-state index contributed by atoms with van der Waals surface area (Å²) in [6, 6.07) is 10.6. The minimum absolute atomic E-state index is 0. The van der Waals surface area contributed by atoms with Gasteiger partial charge in [0.15, 0.2) is 0 Å². The van der Waals surface area contributed by atoms with E-state index in [1.54, 1.807) is 36.7 Å². The standard InChI is InChI=1S/C19H22N4O2.2ClH/c20-19(9-1-2-10-19)18(25)22-13-14-3-5-15(6-4-14)17(24)23-16-7-11-21-12-8-16;;/h3-8,11-12H,1-2,9-10,13,20H2,(H,22,25)(H,21,23,24);2*1H. The van der Waals surface area contributed by atoms with Crippen molar-refractivity contribution in [3.8, 4) is 0 Å². The zero-order valence-corrected chi connectivity index (χ0v) is 16.4. The minimum Gasteiger partial charge on any atom is -0.350 e. The van der Waals surface area contributed by atoms with Gasteiger partial charge in [-0.3, -0.25) is 14.6 Å². The first-order chi connectivity index (χ1) is 12.1. The number of nitrogens with zero attached hydrogens (tertiary/aromatic N) is 1. The molecule has 3 rings (SSSR count). The summed E-state index contributed by atoms with van der Waals surface area (Å²) in [4.78, 5) is 28.3. The molecule has 0 bridgehead atoms. The predicted molar refractivity (Wildman–Crippen MR) is 110 cm³/mol. The Labute approximate surface area is 171 Å². The highest BCUT2D eigenvalue weighted by molar-refractivity contribution is 6.04. The minimum atomic E-state index is -0.718. The number of nitrogens with two attached hydrogens (primary N) is 1. The number of hydrogen-bond donors (Lipinski definition) is 3. The summed E-state index contributed by atoms with van der Waals surface area (Å²) in [7, 11) is 0. The van der Waals surface area contributed by atoms with Crippen molar-refractivity contribution in [2.75, 3.05) is 5.32 Å². The van der Waals surface area contributed by atoms with Crippen LogP contribution in [0.4, 0.5) is 5.69 Å². The van der Waals surface area contributed by atoms with E-state index in [0.717, 1.165) is 31.2 Å². The monoisotopic (exact) mass is 410 g/mol. The number of pyridine rings is 1. The topological polar surface area (TPSA) is 97.1 Å². The number of benzene rings is 1. The second-order valence-electron chi connectivity index (χ2n) is 6.43. The number of halogens is 2. The zero-order chi connectivity index (χ0) is 17.7. The predicted octanol–water partition coefficient (Wildman–Crippen LogP) is 3.07. The van der Waals surface area contributed by atoms with Crippen molar-refractivity contribution in [1.82, 2.24) is 10.3 Å². The van der Waals surface area contributed by atoms with E-state index in [9.17, 15) is 9.59 Å². The molecule has 0 saturated heterocycles. The van der Waals surface area contributed by atoms with Crippen LogP contribution in [0.5, 0.6) is 0 Å². The molecule has 1 fully saturated rings. The highest BCUT2D eigenvalue weighted by Gasteiger charge is 2.36. The Balaban J connectivity index is 0.00000182. The smallest absolute Gasteiger partial charge is 0.255 e. The van der Waals surface area contributed by atoms with E-state index >= 15 is 0 Å². The van der Waals surface area contributed by atoms with Crippen LogP contribution < -0.4 is 16.4 Å². The van der Waals surface area contributed by atoms with Crippen LogP contribution in [0.2, 0.25) is 0 Å². The second-order valence-corrected chi connectivity index (χ2v) is 6.43. The number of carbonyl (C=O) groups excluding carboxylic acids is 2. The Kier molecular flexibility index (Phi) is 8.69. The molecular formula is C19H24Cl2N4O2. The van der Waals surface area contributed by atoms with Gasteiger partial charge in [-0.05, 0) is 42.7 Å². The maximum atomic E-state index is 12.2. The van der Waals surface area contributed by atoms with Crippen molar-refractivity contribution in [3.63, 3.8) is 0 Å². The summed E-state index contributed by atoms with van der Waals surface area (Å²) in [6.07, 6.45) is 6.74. The van der Waals surface area contributed by atoms with Crippen LogP contribution in [0.1, 0.15) is 41.6 Å². The molecule has 4 N–H and O–H groups in total. The third kappa shape index (κ3) is 5.92. The van der Waals surface area contributed by atoms with E-state index in [-0.39, 0.29) is 36.6 Å². The Morgan fingerprint density at radius 1 is 1.00 bits per heavy atom. The van der Waals surface area contributed by atoms with E-state index in [1.807, 2.05) is 12.1 Å². The normalized spacial score (nSPS) is 14.4. The Bertz CT molecular complexity index is 748. The molecular weight excluding hydrogens is 387 g/mol.